The zero-order chi connectivity index (χ0) is 8.39. The van der Waals surface area contributed by atoms with Crippen molar-refractivity contribution in [2.45, 2.75) is 6.10 Å². The normalized spacial score (nSPS) is 20.6. The number of rotatable bonds is 1. The average Bonchev–Trinajstić information content (AvgIpc) is 2.17. The molecule has 1 aliphatic rings. The molecule has 4 heteroatoms. The van der Waals surface area contributed by atoms with Gasteiger partial charge in [0, 0.05) is 12.7 Å². The van der Waals surface area contributed by atoms with Gasteiger partial charge in [0.15, 0.2) is 5.75 Å². The molecule has 0 radical (unpaired) electrons. The second kappa shape index (κ2) is 2.98. The van der Waals surface area contributed by atoms with E-state index in [0.29, 0.717) is 24.8 Å². The van der Waals surface area contributed by atoms with Gasteiger partial charge >= 0.3 is 0 Å². The van der Waals surface area contributed by atoms with E-state index in [-0.39, 0.29) is 6.10 Å². The number of nitrogens with zero attached hydrogens (tertiary/aromatic N) is 1. The van der Waals surface area contributed by atoms with Gasteiger partial charge in [-0.1, -0.05) is 0 Å². The zero-order valence-corrected chi connectivity index (χ0v) is 6.56. The van der Waals surface area contributed by atoms with Gasteiger partial charge in [0.05, 0.1) is 0 Å². The standard InChI is InChI=1S/C8H10N2O2/c9-4-6-5-11-7-2-1-3-10-8(7)12-6/h1-3,6H,4-5,9H2/t6-/m1/s1. The van der Waals surface area contributed by atoms with Crippen LogP contribution in [0.15, 0.2) is 18.3 Å². The molecule has 2 N–H and O–H groups in total. The van der Waals surface area contributed by atoms with Crippen molar-refractivity contribution in [1.82, 2.24) is 4.98 Å². The fourth-order valence-corrected chi connectivity index (χ4v) is 1.07. The van der Waals surface area contributed by atoms with Gasteiger partial charge in [-0.3, -0.25) is 0 Å². The van der Waals surface area contributed by atoms with Crippen LogP contribution >= 0.6 is 0 Å². The Labute approximate surface area is 70.3 Å². The summed E-state index contributed by atoms with van der Waals surface area (Å²) in [5.41, 5.74) is 5.43. The Bertz CT molecular complexity index is 278. The third kappa shape index (κ3) is 1.21. The van der Waals surface area contributed by atoms with Crippen LogP contribution in [0.4, 0.5) is 0 Å². The average molecular weight is 166 g/mol. The summed E-state index contributed by atoms with van der Waals surface area (Å²) >= 11 is 0. The van der Waals surface area contributed by atoms with Crippen LogP contribution in [0.1, 0.15) is 0 Å². The van der Waals surface area contributed by atoms with Crippen LogP contribution in [-0.2, 0) is 0 Å². The van der Waals surface area contributed by atoms with Crippen molar-refractivity contribution < 1.29 is 9.47 Å². The number of fused-ring (bicyclic) bond motifs is 1. The summed E-state index contributed by atoms with van der Waals surface area (Å²) < 4.78 is 10.8. The van der Waals surface area contributed by atoms with Crippen molar-refractivity contribution in [3.05, 3.63) is 18.3 Å². The molecule has 12 heavy (non-hydrogen) atoms. The van der Waals surface area contributed by atoms with E-state index in [1.165, 1.54) is 0 Å². The van der Waals surface area contributed by atoms with Crippen LogP contribution < -0.4 is 15.2 Å². The van der Waals surface area contributed by atoms with Gasteiger partial charge in [0.2, 0.25) is 0 Å². The van der Waals surface area contributed by atoms with Gasteiger partial charge < -0.3 is 15.2 Å². The van der Waals surface area contributed by atoms with Crippen molar-refractivity contribution in [2.24, 2.45) is 5.73 Å². The van der Waals surface area contributed by atoms with E-state index in [1.807, 2.05) is 12.1 Å². The molecule has 1 aromatic rings. The summed E-state index contributed by atoms with van der Waals surface area (Å²) in [6, 6.07) is 3.64. The third-order valence-electron chi connectivity index (χ3n) is 1.70. The van der Waals surface area contributed by atoms with E-state index in [4.69, 9.17) is 15.2 Å². The van der Waals surface area contributed by atoms with Gasteiger partial charge in [0.1, 0.15) is 12.7 Å². The minimum absolute atomic E-state index is 0.0626. The minimum Gasteiger partial charge on any atom is -0.484 e. The Kier molecular flexibility index (Phi) is 1.83. The first kappa shape index (κ1) is 7.36. The first-order valence-corrected chi connectivity index (χ1v) is 3.84. The van der Waals surface area contributed by atoms with Gasteiger partial charge in [-0.2, -0.15) is 0 Å². The number of ether oxygens (including phenoxy) is 2. The minimum atomic E-state index is -0.0626. The maximum absolute atomic E-state index is 5.43. The van der Waals surface area contributed by atoms with Crippen LogP contribution in [0.2, 0.25) is 0 Å². The summed E-state index contributed by atoms with van der Waals surface area (Å²) in [5.74, 6) is 1.24. The highest BCUT2D eigenvalue weighted by Crippen LogP contribution is 2.27. The van der Waals surface area contributed by atoms with Gasteiger partial charge in [-0.05, 0) is 12.1 Å². The van der Waals surface area contributed by atoms with Gasteiger partial charge in [-0.15, -0.1) is 0 Å². The maximum Gasteiger partial charge on any atom is 0.257 e. The lowest BCUT2D eigenvalue weighted by atomic mass is 10.3. The molecule has 64 valence electrons. The Hall–Kier alpha value is -1.29. The fourth-order valence-electron chi connectivity index (χ4n) is 1.07. The number of aromatic nitrogens is 1. The van der Waals surface area contributed by atoms with Crippen LogP contribution in [0, 0.1) is 0 Å². The summed E-state index contributed by atoms with van der Waals surface area (Å²) in [4.78, 5) is 4.01. The Balaban J connectivity index is 2.23. The molecule has 4 nitrogen and oxygen atoms in total. The monoisotopic (exact) mass is 166 g/mol. The second-order valence-corrected chi connectivity index (χ2v) is 2.59. The molecule has 1 atom stereocenters. The molecular weight excluding hydrogens is 156 g/mol. The highest BCUT2D eigenvalue weighted by molar-refractivity contribution is 5.33. The van der Waals surface area contributed by atoms with Crippen molar-refractivity contribution in [2.75, 3.05) is 13.2 Å². The zero-order valence-electron chi connectivity index (χ0n) is 6.56. The molecule has 0 saturated carbocycles. The summed E-state index contributed by atoms with van der Waals surface area (Å²) in [6.45, 7) is 0.963. The van der Waals surface area contributed by atoms with Crippen molar-refractivity contribution in [3.8, 4) is 11.6 Å². The van der Waals surface area contributed by atoms with E-state index in [1.54, 1.807) is 6.20 Å². The van der Waals surface area contributed by atoms with Gasteiger partial charge in [0.25, 0.3) is 5.88 Å². The topological polar surface area (TPSA) is 57.4 Å². The van der Waals surface area contributed by atoms with Crippen LogP contribution in [-0.4, -0.2) is 24.2 Å². The second-order valence-electron chi connectivity index (χ2n) is 2.59. The molecule has 1 aliphatic heterocycles. The molecular formula is C8H10N2O2. The SMILES string of the molecule is NC[C@@H]1COc2cccnc2O1. The first-order chi connectivity index (χ1) is 5.90. The highest BCUT2D eigenvalue weighted by Gasteiger charge is 2.19. The van der Waals surface area contributed by atoms with Crippen molar-refractivity contribution in [1.29, 1.82) is 0 Å². The molecule has 0 aliphatic carbocycles. The molecule has 0 amide bonds. The van der Waals surface area contributed by atoms with E-state index >= 15 is 0 Å². The molecule has 2 heterocycles. The molecule has 2 rings (SSSR count). The maximum atomic E-state index is 5.43. The fraction of sp³-hybridized carbons (Fsp3) is 0.375. The van der Waals surface area contributed by atoms with Crippen LogP contribution in [0.3, 0.4) is 0 Å². The lowest BCUT2D eigenvalue weighted by Gasteiger charge is -2.23. The number of nitrogens with two attached hydrogens (primary N) is 1. The number of pyridine rings is 1. The predicted octanol–water partition coefficient (Wildman–Crippen LogP) is 0.180. The van der Waals surface area contributed by atoms with E-state index < -0.39 is 0 Å². The summed E-state index contributed by atoms with van der Waals surface area (Å²) in [6.07, 6.45) is 1.61. The summed E-state index contributed by atoms with van der Waals surface area (Å²) in [7, 11) is 0. The lowest BCUT2D eigenvalue weighted by molar-refractivity contribution is 0.0907. The smallest absolute Gasteiger partial charge is 0.257 e. The Morgan fingerprint density at radius 3 is 3.42 bits per heavy atom. The van der Waals surface area contributed by atoms with Crippen LogP contribution in [0.25, 0.3) is 0 Å². The molecule has 0 fully saturated rings. The Morgan fingerprint density at radius 2 is 2.58 bits per heavy atom. The molecule has 1 aromatic heterocycles. The summed E-state index contributed by atoms with van der Waals surface area (Å²) in [5, 5.41) is 0. The Morgan fingerprint density at radius 1 is 1.67 bits per heavy atom. The quantitative estimate of drug-likeness (QED) is 0.646. The van der Waals surface area contributed by atoms with E-state index in [0.717, 1.165) is 0 Å². The van der Waals surface area contributed by atoms with Crippen molar-refractivity contribution >= 4 is 0 Å². The molecule has 0 spiro atoms. The van der Waals surface area contributed by atoms with E-state index in [9.17, 15) is 0 Å². The van der Waals surface area contributed by atoms with Gasteiger partial charge in [-0.25, -0.2) is 4.98 Å². The van der Waals surface area contributed by atoms with Crippen LogP contribution in [0.5, 0.6) is 11.6 Å². The first-order valence-electron chi connectivity index (χ1n) is 3.84. The largest absolute Gasteiger partial charge is 0.484 e. The molecule has 0 aromatic carbocycles. The lowest BCUT2D eigenvalue weighted by Crippen LogP contribution is -2.36. The van der Waals surface area contributed by atoms with Crippen molar-refractivity contribution in [3.63, 3.8) is 0 Å². The highest BCUT2D eigenvalue weighted by atomic mass is 16.6. The van der Waals surface area contributed by atoms with E-state index in [2.05, 4.69) is 4.98 Å². The number of hydrogen-bond donors (Lipinski definition) is 1. The predicted molar refractivity (Wildman–Crippen MR) is 43.2 cm³/mol. The third-order valence-corrected chi connectivity index (χ3v) is 1.70. The molecule has 0 bridgehead atoms. The number of hydrogen-bond acceptors (Lipinski definition) is 4. The molecule has 0 unspecified atom stereocenters. The molecule has 0 saturated heterocycles.